The average Bonchev–Trinajstić information content (AvgIpc) is 2.96. The van der Waals surface area contributed by atoms with E-state index in [0.29, 0.717) is 4.57 Å². The summed E-state index contributed by atoms with van der Waals surface area (Å²) < 4.78 is 8.51. The van der Waals surface area contributed by atoms with E-state index in [1.807, 2.05) is 0 Å². The fraction of sp³-hybridized carbons (Fsp3) is 0.545. The summed E-state index contributed by atoms with van der Waals surface area (Å²) in [5.41, 5.74) is -1.52. The van der Waals surface area contributed by atoms with Gasteiger partial charge < -0.3 is 14.9 Å². The molecular formula is C11H10N6O5. The number of nitriles is 1. The molecular weight excluding hydrogens is 296 g/mol. The van der Waals surface area contributed by atoms with Gasteiger partial charge in [0.15, 0.2) is 17.4 Å². The second-order valence-electron chi connectivity index (χ2n) is 5.19. The van der Waals surface area contributed by atoms with Crippen LogP contribution in [0.15, 0.2) is 9.59 Å². The molecule has 0 aromatic carbocycles. The van der Waals surface area contributed by atoms with Crippen LogP contribution in [0.1, 0.15) is 6.23 Å². The molecule has 1 saturated heterocycles. The molecule has 0 radical (unpaired) electrons. The monoisotopic (exact) mass is 306 g/mol. The lowest BCUT2D eigenvalue weighted by Crippen LogP contribution is -2.45. The zero-order chi connectivity index (χ0) is 15.6. The SMILES string of the molecule is N#CCn1c(=O)c2nnn3c2n(c1=O)C1O[C@H](C3)[C@@H](O)[C@H]1O. The molecule has 2 N–H and O–H groups in total. The zero-order valence-electron chi connectivity index (χ0n) is 11.0. The summed E-state index contributed by atoms with van der Waals surface area (Å²) in [6.45, 7) is -0.415. The minimum atomic E-state index is -1.33. The van der Waals surface area contributed by atoms with Crippen LogP contribution in [0.4, 0.5) is 0 Å². The average molecular weight is 306 g/mol. The van der Waals surface area contributed by atoms with E-state index in [0.717, 1.165) is 4.57 Å². The van der Waals surface area contributed by atoms with E-state index in [-0.39, 0.29) is 17.7 Å². The maximum atomic E-state index is 12.5. The molecule has 2 aliphatic rings. The van der Waals surface area contributed by atoms with Crippen LogP contribution in [0.3, 0.4) is 0 Å². The first-order chi connectivity index (χ1) is 10.5. The maximum absolute atomic E-state index is 12.5. The number of ether oxygens (including phenoxy) is 1. The third kappa shape index (κ3) is 1.43. The first kappa shape index (κ1) is 13.1. The van der Waals surface area contributed by atoms with E-state index in [9.17, 15) is 19.8 Å². The summed E-state index contributed by atoms with van der Waals surface area (Å²) in [5.74, 6) is 0. The van der Waals surface area contributed by atoms with Crippen molar-refractivity contribution >= 4 is 11.2 Å². The van der Waals surface area contributed by atoms with Crippen LogP contribution < -0.4 is 11.2 Å². The van der Waals surface area contributed by atoms with E-state index in [1.54, 1.807) is 6.07 Å². The number of rotatable bonds is 1. The molecule has 11 heteroatoms. The quantitative estimate of drug-likeness (QED) is 0.563. The second-order valence-corrected chi connectivity index (χ2v) is 5.19. The Balaban J connectivity index is 2.13. The topological polar surface area (TPSA) is 148 Å². The van der Waals surface area contributed by atoms with Gasteiger partial charge >= 0.3 is 5.69 Å². The summed E-state index contributed by atoms with van der Waals surface area (Å²) in [7, 11) is 0. The molecule has 0 aliphatic carbocycles. The molecule has 4 heterocycles. The Bertz CT molecular complexity index is 935. The van der Waals surface area contributed by atoms with Gasteiger partial charge in [0.05, 0.1) is 12.6 Å². The first-order valence-electron chi connectivity index (χ1n) is 6.51. The molecule has 1 unspecified atom stereocenters. The minimum absolute atomic E-state index is 0.0480. The van der Waals surface area contributed by atoms with Gasteiger partial charge in [0.2, 0.25) is 0 Å². The smallest absolute Gasteiger partial charge is 0.335 e. The normalized spacial score (nSPS) is 29.5. The predicted molar refractivity (Wildman–Crippen MR) is 67.6 cm³/mol. The number of nitrogens with zero attached hydrogens (tertiary/aromatic N) is 6. The Hall–Kier alpha value is -2.55. The highest BCUT2D eigenvalue weighted by molar-refractivity contribution is 5.69. The van der Waals surface area contributed by atoms with Crippen molar-refractivity contribution in [3.63, 3.8) is 0 Å². The van der Waals surface area contributed by atoms with Crippen LogP contribution in [0.5, 0.6) is 0 Å². The fourth-order valence-electron chi connectivity index (χ4n) is 2.95. The lowest BCUT2D eigenvalue weighted by Gasteiger charge is -2.20. The molecule has 2 aromatic rings. The van der Waals surface area contributed by atoms with Crippen LogP contribution >= 0.6 is 0 Å². The van der Waals surface area contributed by atoms with Crippen LogP contribution in [-0.2, 0) is 17.8 Å². The van der Waals surface area contributed by atoms with Crippen LogP contribution in [-0.4, -0.2) is 52.7 Å². The number of aliphatic hydroxyl groups is 2. The van der Waals surface area contributed by atoms with Crippen LogP contribution in [0, 0.1) is 11.3 Å². The highest BCUT2D eigenvalue weighted by Gasteiger charge is 2.47. The molecule has 0 saturated carbocycles. The molecule has 0 amide bonds. The third-order valence-electron chi connectivity index (χ3n) is 4.00. The third-order valence-corrected chi connectivity index (χ3v) is 4.00. The van der Waals surface area contributed by atoms with Crippen molar-refractivity contribution in [2.24, 2.45) is 0 Å². The van der Waals surface area contributed by atoms with Crippen molar-refractivity contribution in [3.8, 4) is 6.07 Å². The lowest BCUT2D eigenvalue weighted by atomic mass is 10.1. The van der Waals surface area contributed by atoms with Gasteiger partial charge in [-0.2, -0.15) is 5.26 Å². The van der Waals surface area contributed by atoms with Gasteiger partial charge in [0.1, 0.15) is 24.9 Å². The van der Waals surface area contributed by atoms with Crippen molar-refractivity contribution in [3.05, 3.63) is 20.8 Å². The molecule has 1 fully saturated rings. The molecule has 11 nitrogen and oxygen atoms in total. The van der Waals surface area contributed by atoms with E-state index < -0.39 is 42.3 Å². The Morgan fingerprint density at radius 2 is 2.14 bits per heavy atom. The summed E-state index contributed by atoms with van der Waals surface area (Å²) >= 11 is 0. The van der Waals surface area contributed by atoms with Crippen molar-refractivity contribution < 1.29 is 14.9 Å². The van der Waals surface area contributed by atoms with Crippen molar-refractivity contribution in [2.75, 3.05) is 0 Å². The van der Waals surface area contributed by atoms with Crippen molar-refractivity contribution in [1.82, 2.24) is 24.1 Å². The Kier molecular flexibility index (Phi) is 2.52. The molecule has 4 atom stereocenters. The molecule has 114 valence electrons. The van der Waals surface area contributed by atoms with E-state index >= 15 is 0 Å². The van der Waals surface area contributed by atoms with Gasteiger partial charge in [-0.1, -0.05) is 5.21 Å². The fourth-order valence-corrected chi connectivity index (χ4v) is 2.95. The van der Waals surface area contributed by atoms with Crippen LogP contribution in [0.25, 0.3) is 11.2 Å². The van der Waals surface area contributed by atoms with Crippen molar-refractivity contribution in [2.45, 2.75) is 37.6 Å². The Labute approximate surface area is 121 Å². The zero-order valence-corrected chi connectivity index (χ0v) is 11.0. The molecule has 0 spiro atoms. The van der Waals surface area contributed by atoms with Crippen molar-refractivity contribution in [1.29, 1.82) is 5.26 Å². The number of hydrogen-bond donors (Lipinski definition) is 2. The summed E-state index contributed by atoms with van der Waals surface area (Å²) in [5, 5.41) is 36.4. The molecule has 22 heavy (non-hydrogen) atoms. The van der Waals surface area contributed by atoms with Gasteiger partial charge in [0.25, 0.3) is 5.56 Å². The Morgan fingerprint density at radius 3 is 2.86 bits per heavy atom. The maximum Gasteiger partial charge on any atom is 0.335 e. The standard InChI is InChI=1S/C11H10N6O5/c12-1-2-15-9(20)5-8-16(14-13-5)3-4-6(18)7(19)10(22-4)17(8)11(15)21/h4,6-7,10,18-19H,2-3H2/t4-,6-,7-,10?/m1/s1. The second kappa shape index (κ2) is 4.23. The van der Waals surface area contributed by atoms with Gasteiger partial charge in [0, 0.05) is 0 Å². The molecule has 2 aliphatic heterocycles. The highest BCUT2D eigenvalue weighted by Crippen LogP contribution is 2.33. The lowest BCUT2D eigenvalue weighted by molar-refractivity contribution is -0.0363. The molecule has 2 aromatic heterocycles. The summed E-state index contributed by atoms with van der Waals surface area (Å²) in [6, 6.07) is 1.73. The number of fused-ring (bicyclic) bond motifs is 3. The van der Waals surface area contributed by atoms with E-state index in [1.165, 1.54) is 4.68 Å². The molecule has 2 bridgehead atoms. The largest absolute Gasteiger partial charge is 0.387 e. The summed E-state index contributed by atoms with van der Waals surface area (Å²) in [4.78, 5) is 24.8. The number of aliphatic hydroxyl groups excluding tert-OH is 2. The van der Waals surface area contributed by atoms with E-state index in [2.05, 4.69) is 10.3 Å². The van der Waals surface area contributed by atoms with Gasteiger partial charge in [-0.05, 0) is 0 Å². The van der Waals surface area contributed by atoms with Crippen LogP contribution in [0.2, 0.25) is 0 Å². The highest BCUT2D eigenvalue weighted by atomic mass is 16.6. The first-order valence-corrected chi connectivity index (χ1v) is 6.51. The van der Waals surface area contributed by atoms with E-state index in [4.69, 9.17) is 10.00 Å². The minimum Gasteiger partial charge on any atom is -0.387 e. The predicted octanol–water partition coefficient (Wildman–Crippen LogP) is -3.09. The number of hydrogen-bond acceptors (Lipinski definition) is 8. The summed E-state index contributed by atoms with van der Waals surface area (Å²) in [6.07, 6.45) is -4.47. The van der Waals surface area contributed by atoms with Gasteiger partial charge in [-0.15, -0.1) is 5.10 Å². The Morgan fingerprint density at radius 1 is 1.36 bits per heavy atom. The van der Waals surface area contributed by atoms with Gasteiger partial charge in [-0.3, -0.25) is 4.79 Å². The van der Waals surface area contributed by atoms with Gasteiger partial charge in [-0.25, -0.2) is 18.6 Å². The number of aromatic nitrogens is 5. The molecule has 4 rings (SSSR count).